The van der Waals surface area contributed by atoms with Crippen LogP contribution in [0.4, 0.5) is 26.3 Å². The van der Waals surface area contributed by atoms with Crippen LogP contribution in [0.2, 0.25) is 0 Å². The number of hydrogen-bond donors (Lipinski definition) is 0. The second kappa shape index (κ2) is 8.90. The van der Waals surface area contributed by atoms with Gasteiger partial charge in [-0.1, -0.05) is 18.2 Å². The summed E-state index contributed by atoms with van der Waals surface area (Å²) in [6.07, 6.45) is -9.41. The van der Waals surface area contributed by atoms with Crippen LogP contribution in [-0.4, -0.2) is 38.2 Å². The Morgan fingerprint density at radius 1 is 0.914 bits per heavy atom. The van der Waals surface area contributed by atoms with E-state index in [-0.39, 0.29) is 30.8 Å². The molecule has 1 aliphatic rings. The minimum Gasteiger partial charge on any atom is -0.339 e. The highest BCUT2D eigenvalue weighted by Crippen LogP contribution is 2.37. The maximum Gasteiger partial charge on any atom is 0.416 e. The van der Waals surface area contributed by atoms with Gasteiger partial charge in [0.15, 0.2) is 0 Å². The van der Waals surface area contributed by atoms with Crippen molar-refractivity contribution in [1.29, 1.82) is 0 Å². The van der Waals surface area contributed by atoms with Crippen molar-refractivity contribution in [2.45, 2.75) is 31.1 Å². The van der Waals surface area contributed by atoms with Gasteiger partial charge in [0.2, 0.25) is 0 Å². The van der Waals surface area contributed by atoms with E-state index in [9.17, 15) is 35.9 Å². The first kappa shape index (κ1) is 24.6. The standard InChI is InChI=1S/C23H20F6N4O2/c1-31-21(35)33(18-5-3-2-4-6-18)19(30-31)14-7-9-32(10-8-14)20(34)15-11-16(22(24,25)26)13-17(12-15)23(27,28)29/h2-6,11-14H,7-10H2,1H3. The van der Waals surface area contributed by atoms with Crippen molar-refractivity contribution in [1.82, 2.24) is 19.2 Å². The molecule has 4 rings (SSSR count). The van der Waals surface area contributed by atoms with Crippen LogP contribution in [0.15, 0.2) is 53.3 Å². The van der Waals surface area contributed by atoms with Crippen LogP contribution in [0.25, 0.3) is 5.69 Å². The van der Waals surface area contributed by atoms with E-state index in [4.69, 9.17) is 0 Å². The lowest BCUT2D eigenvalue weighted by Crippen LogP contribution is -2.38. The number of rotatable bonds is 3. The fourth-order valence-corrected chi connectivity index (χ4v) is 4.17. The van der Waals surface area contributed by atoms with E-state index in [1.807, 2.05) is 0 Å². The molecule has 35 heavy (non-hydrogen) atoms. The molecule has 1 saturated heterocycles. The summed E-state index contributed by atoms with van der Waals surface area (Å²) < 4.78 is 81.6. The minimum absolute atomic E-state index is 0.00701. The van der Waals surface area contributed by atoms with Gasteiger partial charge in [0.1, 0.15) is 5.82 Å². The third-order valence-electron chi connectivity index (χ3n) is 5.95. The fraction of sp³-hybridized carbons (Fsp3) is 0.348. The summed E-state index contributed by atoms with van der Waals surface area (Å²) >= 11 is 0. The average molecular weight is 498 g/mol. The first-order chi connectivity index (χ1) is 16.4. The molecule has 0 radical (unpaired) electrons. The van der Waals surface area contributed by atoms with Gasteiger partial charge < -0.3 is 4.90 Å². The molecule has 0 bridgehead atoms. The van der Waals surface area contributed by atoms with Crippen LogP contribution < -0.4 is 5.69 Å². The van der Waals surface area contributed by atoms with Crippen molar-refractivity contribution >= 4 is 5.91 Å². The van der Waals surface area contributed by atoms with Gasteiger partial charge in [-0.15, -0.1) is 0 Å². The Kier molecular flexibility index (Phi) is 6.24. The Morgan fingerprint density at radius 2 is 1.46 bits per heavy atom. The molecule has 1 fully saturated rings. The largest absolute Gasteiger partial charge is 0.416 e. The number of halogens is 6. The first-order valence-corrected chi connectivity index (χ1v) is 10.7. The number of alkyl halides is 6. The van der Waals surface area contributed by atoms with Crippen LogP contribution in [0.5, 0.6) is 0 Å². The molecule has 2 heterocycles. The first-order valence-electron chi connectivity index (χ1n) is 10.7. The van der Waals surface area contributed by atoms with Crippen LogP contribution in [-0.2, 0) is 19.4 Å². The van der Waals surface area contributed by atoms with Gasteiger partial charge in [0.25, 0.3) is 5.91 Å². The van der Waals surface area contributed by atoms with Gasteiger partial charge in [0.05, 0.1) is 16.8 Å². The van der Waals surface area contributed by atoms with Crippen molar-refractivity contribution < 1.29 is 31.1 Å². The Bertz CT molecular complexity index is 1250. The van der Waals surface area contributed by atoms with Crippen LogP contribution in [0.3, 0.4) is 0 Å². The molecule has 3 aromatic rings. The second-order valence-corrected chi connectivity index (χ2v) is 8.30. The number of para-hydroxylation sites is 1. The zero-order valence-electron chi connectivity index (χ0n) is 18.4. The lowest BCUT2D eigenvalue weighted by Gasteiger charge is -2.32. The number of aromatic nitrogens is 3. The van der Waals surface area contributed by atoms with Gasteiger partial charge >= 0.3 is 18.0 Å². The lowest BCUT2D eigenvalue weighted by atomic mass is 9.95. The van der Waals surface area contributed by atoms with Crippen molar-refractivity contribution in [3.05, 3.63) is 81.5 Å². The molecular formula is C23H20F6N4O2. The molecule has 0 atom stereocenters. The quantitative estimate of drug-likeness (QED) is 0.495. The molecule has 6 nitrogen and oxygen atoms in total. The predicted molar refractivity (Wildman–Crippen MR) is 113 cm³/mol. The number of aryl methyl sites for hydroxylation is 1. The van der Waals surface area contributed by atoms with Gasteiger partial charge in [-0.2, -0.15) is 31.4 Å². The van der Waals surface area contributed by atoms with Crippen molar-refractivity contribution in [2.75, 3.05) is 13.1 Å². The van der Waals surface area contributed by atoms with Crippen molar-refractivity contribution in [3.8, 4) is 5.69 Å². The Hall–Kier alpha value is -3.57. The SMILES string of the molecule is Cn1nc(C2CCN(C(=O)c3cc(C(F)(F)F)cc(C(F)(F)F)c3)CC2)n(-c2ccccc2)c1=O. The van der Waals surface area contributed by atoms with E-state index in [0.29, 0.717) is 36.5 Å². The summed E-state index contributed by atoms with van der Waals surface area (Å²) in [6.45, 7) is 0.168. The zero-order valence-corrected chi connectivity index (χ0v) is 18.4. The summed E-state index contributed by atoms with van der Waals surface area (Å²) in [7, 11) is 1.51. The molecule has 0 N–H and O–H groups in total. The number of carbonyl (C=O) groups excluding carboxylic acids is 1. The number of hydrogen-bond acceptors (Lipinski definition) is 3. The Labute approximate surface area is 195 Å². The fourth-order valence-electron chi connectivity index (χ4n) is 4.17. The summed E-state index contributed by atoms with van der Waals surface area (Å²) in [5.41, 5.74) is -3.49. The molecule has 186 valence electrons. The number of likely N-dealkylation sites (tertiary alicyclic amines) is 1. The van der Waals surface area contributed by atoms with E-state index in [1.54, 1.807) is 30.3 Å². The highest BCUT2D eigenvalue weighted by molar-refractivity contribution is 5.94. The smallest absolute Gasteiger partial charge is 0.339 e. The molecule has 0 unspecified atom stereocenters. The summed E-state index contributed by atoms with van der Waals surface area (Å²) in [6, 6.07) is 9.70. The predicted octanol–water partition coefficient (Wildman–Crippen LogP) is 4.63. The average Bonchev–Trinajstić information content (AvgIpc) is 3.12. The maximum atomic E-state index is 13.2. The highest BCUT2D eigenvalue weighted by atomic mass is 19.4. The van der Waals surface area contributed by atoms with Crippen molar-refractivity contribution in [3.63, 3.8) is 0 Å². The molecule has 1 amide bonds. The third kappa shape index (κ3) is 4.96. The maximum absolute atomic E-state index is 13.2. The molecular weight excluding hydrogens is 478 g/mol. The lowest BCUT2D eigenvalue weighted by molar-refractivity contribution is -0.143. The second-order valence-electron chi connectivity index (χ2n) is 8.30. The third-order valence-corrected chi connectivity index (χ3v) is 5.95. The van der Waals surface area contributed by atoms with Crippen molar-refractivity contribution in [2.24, 2.45) is 7.05 Å². The molecule has 1 aliphatic heterocycles. The Balaban J connectivity index is 1.57. The van der Waals surface area contributed by atoms with Gasteiger partial charge in [-0.05, 0) is 43.2 Å². The van der Waals surface area contributed by atoms with Crippen LogP contribution in [0.1, 0.15) is 46.1 Å². The number of carbonyl (C=O) groups is 1. The number of amides is 1. The van der Waals surface area contributed by atoms with Crippen LogP contribution >= 0.6 is 0 Å². The highest BCUT2D eigenvalue weighted by Gasteiger charge is 2.38. The monoisotopic (exact) mass is 498 g/mol. The summed E-state index contributed by atoms with van der Waals surface area (Å²) in [4.78, 5) is 26.7. The number of piperidine rings is 1. The summed E-state index contributed by atoms with van der Waals surface area (Å²) in [5, 5.41) is 4.33. The molecule has 12 heteroatoms. The van der Waals surface area contributed by atoms with Gasteiger partial charge in [0, 0.05) is 31.6 Å². The van der Waals surface area contributed by atoms with Crippen LogP contribution in [0, 0.1) is 0 Å². The van der Waals surface area contributed by atoms with E-state index in [0.717, 1.165) is 0 Å². The van der Waals surface area contributed by atoms with E-state index < -0.39 is 35.0 Å². The minimum atomic E-state index is -5.04. The molecule has 2 aromatic carbocycles. The summed E-state index contributed by atoms with van der Waals surface area (Å²) in [5.74, 6) is -0.670. The number of nitrogens with zero attached hydrogens (tertiary/aromatic N) is 4. The molecule has 1 aromatic heterocycles. The zero-order chi connectivity index (χ0) is 25.5. The topological polar surface area (TPSA) is 60.1 Å². The molecule has 0 aliphatic carbocycles. The number of benzene rings is 2. The van der Waals surface area contributed by atoms with E-state index in [1.165, 1.54) is 21.2 Å². The molecule has 0 saturated carbocycles. The molecule has 0 spiro atoms. The van der Waals surface area contributed by atoms with Gasteiger partial charge in [-0.25, -0.2) is 14.0 Å². The normalized spacial score (nSPS) is 15.5. The van der Waals surface area contributed by atoms with E-state index >= 15 is 0 Å². The Morgan fingerprint density at radius 3 is 1.97 bits per heavy atom. The van der Waals surface area contributed by atoms with E-state index in [2.05, 4.69) is 5.10 Å². The van der Waals surface area contributed by atoms with Gasteiger partial charge in [-0.3, -0.25) is 4.79 Å².